The molecule has 0 saturated carbocycles. The van der Waals surface area contributed by atoms with Gasteiger partial charge in [-0.15, -0.1) is 24.0 Å². The van der Waals surface area contributed by atoms with Crippen LogP contribution in [-0.4, -0.2) is 34.4 Å². The van der Waals surface area contributed by atoms with Crippen molar-refractivity contribution in [2.24, 2.45) is 12.0 Å². The van der Waals surface area contributed by atoms with Gasteiger partial charge in [-0.2, -0.15) is 5.10 Å². The number of aliphatic imine (C=N–C) groups is 1. The molecule has 0 aliphatic carbocycles. The van der Waals surface area contributed by atoms with E-state index in [1.165, 1.54) is 0 Å². The standard InChI is InChI=1S/C15H22N6O.HI/c1-4-16-15(19-11-13-7-9-20-21(13)2)18-10-12-6-5-8-17-14(12)22-3;/h5-9H,4,10-11H2,1-3H3,(H2,16,18,19);1H. The quantitative estimate of drug-likeness (QED) is 0.415. The Balaban J connectivity index is 0.00000264. The average Bonchev–Trinajstić information content (AvgIpc) is 2.95. The van der Waals surface area contributed by atoms with Gasteiger partial charge in [-0.3, -0.25) is 4.68 Å². The summed E-state index contributed by atoms with van der Waals surface area (Å²) in [5.41, 5.74) is 2.03. The molecule has 0 aliphatic rings. The highest BCUT2D eigenvalue weighted by Crippen LogP contribution is 2.14. The Labute approximate surface area is 153 Å². The second kappa shape index (κ2) is 10.0. The Morgan fingerprint density at radius 1 is 1.30 bits per heavy atom. The predicted molar refractivity (Wildman–Crippen MR) is 101 cm³/mol. The van der Waals surface area contributed by atoms with Crippen LogP contribution in [0, 0.1) is 0 Å². The molecule has 0 fully saturated rings. The lowest BCUT2D eigenvalue weighted by atomic mass is 10.3. The summed E-state index contributed by atoms with van der Waals surface area (Å²) in [5, 5.41) is 10.7. The number of guanidine groups is 1. The highest BCUT2D eigenvalue weighted by Gasteiger charge is 2.04. The summed E-state index contributed by atoms with van der Waals surface area (Å²) >= 11 is 0. The van der Waals surface area contributed by atoms with Crippen molar-refractivity contribution in [3.8, 4) is 5.88 Å². The largest absolute Gasteiger partial charge is 0.481 e. The van der Waals surface area contributed by atoms with Crippen molar-refractivity contribution in [3.05, 3.63) is 41.9 Å². The van der Waals surface area contributed by atoms with Gasteiger partial charge in [0.05, 0.1) is 25.9 Å². The number of rotatable bonds is 6. The molecule has 8 heteroatoms. The van der Waals surface area contributed by atoms with Crippen LogP contribution in [0.2, 0.25) is 0 Å². The van der Waals surface area contributed by atoms with Crippen molar-refractivity contribution < 1.29 is 4.74 Å². The Morgan fingerprint density at radius 2 is 2.13 bits per heavy atom. The van der Waals surface area contributed by atoms with E-state index in [4.69, 9.17) is 4.74 Å². The number of hydrogen-bond acceptors (Lipinski definition) is 4. The Hall–Kier alpha value is -1.84. The molecule has 23 heavy (non-hydrogen) atoms. The van der Waals surface area contributed by atoms with Crippen molar-refractivity contribution in [1.82, 2.24) is 25.4 Å². The first-order valence-electron chi connectivity index (χ1n) is 7.21. The molecule has 0 aliphatic heterocycles. The van der Waals surface area contributed by atoms with Crippen LogP contribution in [0.1, 0.15) is 18.2 Å². The first-order chi connectivity index (χ1) is 10.7. The fourth-order valence-corrected chi connectivity index (χ4v) is 1.98. The van der Waals surface area contributed by atoms with E-state index in [2.05, 4.69) is 25.7 Å². The number of aryl methyl sites for hydroxylation is 1. The molecule has 0 aromatic carbocycles. The van der Waals surface area contributed by atoms with Crippen molar-refractivity contribution in [2.75, 3.05) is 13.7 Å². The van der Waals surface area contributed by atoms with E-state index in [0.717, 1.165) is 23.8 Å². The molecule has 0 amide bonds. The van der Waals surface area contributed by atoms with E-state index >= 15 is 0 Å². The second-order valence-corrected chi connectivity index (χ2v) is 4.67. The minimum absolute atomic E-state index is 0. The third kappa shape index (κ3) is 5.70. The molecule has 0 saturated heterocycles. The molecular weight excluding hydrogens is 407 g/mol. The monoisotopic (exact) mass is 430 g/mol. The Morgan fingerprint density at radius 3 is 2.78 bits per heavy atom. The molecule has 7 nitrogen and oxygen atoms in total. The summed E-state index contributed by atoms with van der Waals surface area (Å²) in [5.74, 6) is 1.35. The van der Waals surface area contributed by atoms with Crippen LogP contribution in [-0.2, 0) is 20.1 Å². The van der Waals surface area contributed by atoms with Crippen LogP contribution in [0.5, 0.6) is 5.88 Å². The maximum atomic E-state index is 5.24. The summed E-state index contributed by atoms with van der Waals surface area (Å²) < 4.78 is 7.07. The maximum absolute atomic E-state index is 5.24. The fraction of sp³-hybridized carbons (Fsp3) is 0.400. The number of nitrogens with one attached hydrogen (secondary N) is 2. The molecule has 0 radical (unpaired) electrons. The van der Waals surface area contributed by atoms with Gasteiger partial charge in [-0.05, 0) is 19.1 Å². The van der Waals surface area contributed by atoms with Crippen LogP contribution in [0.15, 0.2) is 35.6 Å². The minimum Gasteiger partial charge on any atom is -0.481 e. The van der Waals surface area contributed by atoms with Gasteiger partial charge in [-0.25, -0.2) is 9.98 Å². The molecule has 2 heterocycles. The van der Waals surface area contributed by atoms with Crippen molar-refractivity contribution >= 4 is 29.9 Å². The molecule has 0 bridgehead atoms. The van der Waals surface area contributed by atoms with E-state index in [1.807, 2.05) is 36.9 Å². The Kier molecular flexibility index (Phi) is 8.38. The topological polar surface area (TPSA) is 76.4 Å². The molecule has 2 aromatic rings. The van der Waals surface area contributed by atoms with E-state index in [-0.39, 0.29) is 24.0 Å². The van der Waals surface area contributed by atoms with Crippen molar-refractivity contribution in [2.45, 2.75) is 20.0 Å². The molecule has 2 aromatic heterocycles. The summed E-state index contributed by atoms with van der Waals surface area (Å²) in [6.07, 6.45) is 3.49. The van der Waals surface area contributed by atoms with E-state index < -0.39 is 0 Å². The first-order valence-corrected chi connectivity index (χ1v) is 7.21. The molecule has 2 N–H and O–H groups in total. The summed E-state index contributed by atoms with van der Waals surface area (Å²) in [7, 11) is 3.53. The lowest BCUT2D eigenvalue weighted by Gasteiger charge is -2.12. The number of nitrogens with zero attached hydrogens (tertiary/aromatic N) is 4. The lowest BCUT2D eigenvalue weighted by molar-refractivity contribution is 0.392. The predicted octanol–water partition coefficient (Wildman–Crippen LogP) is 1.70. The number of pyridine rings is 1. The first kappa shape index (κ1) is 19.2. The minimum atomic E-state index is 0. The summed E-state index contributed by atoms with van der Waals surface area (Å²) in [6, 6.07) is 5.81. The normalized spacial score (nSPS) is 10.8. The number of ether oxygens (including phenoxy) is 1. The van der Waals surface area contributed by atoms with Gasteiger partial charge < -0.3 is 15.4 Å². The van der Waals surface area contributed by atoms with E-state index in [1.54, 1.807) is 19.5 Å². The lowest BCUT2D eigenvalue weighted by Crippen LogP contribution is -2.37. The molecule has 0 unspecified atom stereocenters. The smallest absolute Gasteiger partial charge is 0.218 e. The number of hydrogen-bond donors (Lipinski definition) is 2. The number of halogens is 1. The third-order valence-electron chi connectivity index (χ3n) is 3.15. The summed E-state index contributed by atoms with van der Waals surface area (Å²) in [4.78, 5) is 8.74. The zero-order chi connectivity index (χ0) is 15.8. The van der Waals surface area contributed by atoms with Gasteiger partial charge in [0.2, 0.25) is 5.88 Å². The highest BCUT2D eigenvalue weighted by molar-refractivity contribution is 14.0. The van der Waals surface area contributed by atoms with Gasteiger partial charge in [-0.1, -0.05) is 6.07 Å². The van der Waals surface area contributed by atoms with Crippen LogP contribution in [0.4, 0.5) is 0 Å². The maximum Gasteiger partial charge on any atom is 0.218 e. The molecule has 2 rings (SSSR count). The Bertz CT molecular complexity index is 628. The molecular formula is C15H23IN6O. The fourth-order valence-electron chi connectivity index (χ4n) is 1.98. The van der Waals surface area contributed by atoms with Gasteiger partial charge in [0, 0.05) is 31.5 Å². The van der Waals surface area contributed by atoms with Crippen molar-refractivity contribution in [3.63, 3.8) is 0 Å². The van der Waals surface area contributed by atoms with E-state index in [9.17, 15) is 0 Å². The van der Waals surface area contributed by atoms with Crippen LogP contribution in [0.3, 0.4) is 0 Å². The third-order valence-corrected chi connectivity index (χ3v) is 3.15. The van der Waals surface area contributed by atoms with Gasteiger partial charge in [0.15, 0.2) is 5.96 Å². The number of methoxy groups -OCH3 is 1. The van der Waals surface area contributed by atoms with Gasteiger partial charge in [0.25, 0.3) is 0 Å². The zero-order valence-electron chi connectivity index (χ0n) is 13.6. The second-order valence-electron chi connectivity index (χ2n) is 4.67. The number of aromatic nitrogens is 3. The average molecular weight is 430 g/mol. The molecule has 126 valence electrons. The van der Waals surface area contributed by atoms with Crippen molar-refractivity contribution in [1.29, 1.82) is 0 Å². The van der Waals surface area contributed by atoms with Crippen LogP contribution >= 0.6 is 24.0 Å². The van der Waals surface area contributed by atoms with Crippen LogP contribution < -0.4 is 15.4 Å². The van der Waals surface area contributed by atoms with Crippen LogP contribution in [0.25, 0.3) is 0 Å². The molecule has 0 spiro atoms. The summed E-state index contributed by atoms with van der Waals surface area (Å²) in [6.45, 7) is 3.98. The zero-order valence-corrected chi connectivity index (χ0v) is 15.9. The van der Waals surface area contributed by atoms with Gasteiger partial charge >= 0.3 is 0 Å². The van der Waals surface area contributed by atoms with Gasteiger partial charge in [0.1, 0.15) is 0 Å². The SMILES string of the molecule is CCNC(=NCc1cccnc1OC)NCc1ccnn1C.I. The van der Waals surface area contributed by atoms with E-state index in [0.29, 0.717) is 19.0 Å². The highest BCUT2D eigenvalue weighted by atomic mass is 127. The molecule has 0 atom stereocenters.